The zero-order valence-electron chi connectivity index (χ0n) is 32.2. The number of carbonyl (C=O) groups is 12. The lowest BCUT2D eigenvalue weighted by atomic mass is 10.1. The van der Waals surface area contributed by atoms with E-state index >= 15 is 0 Å². The first kappa shape index (κ1) is 51.6. The smallest absolute Gasteiger partial charge is 0.331 e. The summed E-state index contributed by atoms with van der Waals surface area (Å²) in [4.78, 5) is 137. The van der Waals surface area contributed by atoms with Gasteiger partial charge in [-0.3, -0.25) is 28.8 Å². The Morgan fingerprint density at radius 2 is 0.804 bits per heavy atom. The number of ether oxygens (including phenoxy) is 6. The third kappa shape index (κ3) is 23.9. The zero-order chi connectivity index (χ0) is 43.2. The first-order valence-electron chi connectivity index (χ1n) is 16.6. The summed E-state index contributed by atoms with van der Waals surface area (Å²) in [5.74, 6) is -9.38. The molecule has 21 heteroatoms. The van der Waals surface area contributed by atoms with E-state index in [1.54, 1.807) is 13.8 Å². The van der Waals surface area contributed by atoms with Gasteiger partial charge < -0.3 is 43.1 Å². The second kappa shape index (κ2) is 29.9. The molecular formula is C35H47N3O18. The number of Topliss-reactive ketones (excluding diaryl/α,β-unsaturated/α-hetero) is 3. The van der Waals surface area contributed by atoms with Gasteiger partial charge in [-0.1, -0.05) is 0 Å². The van der Waals surface area contributed by atoms with Gasteiger partial charge in [0.2, 0.25) is 0 Å². The van der Waals surface area contributed by atoms with Crippen LogP contribution in [0.3, 0.4) is 0 Å². The SMILES string of the molecule is CCN(CC)C(=O)C(=O)COC(=O)/C=C/C(=O)OC.COC(=O)/C=C/C(=O)OCC(=O)C(=O)N(C)C.COC(=O)/C=C/C(=O)OCC(=O)C(=O)N1CCCCC1. The predicted octanol–water partition coefficient (Wildman–Crippen LogP) is -1.55. The molecule has 56 heavy (non-hydrogen) atoms. The lowest BCUT2D eigenvalue weighted by molar-refractivity contribution is -0.151. The first-order valence-corrected chi connectivity index (χ1v) is 16.6. The van der Waals surface area contributed by atoms with E-state index in [4.69, 9.17) is 0 Å². The van der Waals surface area contributed by atoms with E-state index in [0.29, 0.717) is 26.2 Å². The number of amides is 3. The molecule has 0 aromatic rings. The summed E-state index contributed by atoms with van der Waals surface area (Å²) in [5.41, 5.74) is 0. The quantitative estimate of drug-likeness (QED) is 0.0698. The van der Waals surface area contributed by atoms with Crippen LogP contribution in [0.15, 0.2) is 36.5 Å². The van der Waals surface area contributed by atoms with Gasteiger partial charge in [-0.25, -0.2) is 28.8 Å². The summed E-state index contributed by atoms with van der Waals surface area (Å²) in [6.07, 6.45) is 7.84. The van der Waals surface area contributed by atoms with Crippen molar-refractivity contribution in [2.45, 2.75) is 33.1 Å². The van der Waals surface area contributed by atoms with Gasteiger partial charge >= 0.3 is 35.8 Å². The molecule has 310 valence electrons. The number of esters is 6. The third-order valence-corrected chi connectivity index (χ3v) is 6.52. The number of hydrogen-bond donors (Lipinski definition) is 0. The first-order chi connectivity index (χ1) is 26.4. The fraction of sp³-hybridized carbons (Fsp3) is 0.486. The number of carbonyl (C=O) groups excluding carboxylic acids is 12. The highest BCUT2D eigenvalue weighted by Gasteiger charge is 2.24. The van der Waals surface area contributed by atoms with Crippen LogP contribution >= 0.6 is 0 Å². The van der Waals surface area contributed by atoms with E-state index in [-0.39, 0.29) is 0 Å². The Balaban J connectivity index is 0. The third-order valence-electron chi connectivity index (χ3n) is 6.52. The average molecular weight is 798 g/mol. The van der Waals surface area contributed by atoms with Crippen molar-refractivity contribution in [3.63, 3.8) is 0 Å². The molecule has 0 saturated carbocycles. The van der Waals surface area contributed by atoms with E-state index in [2.05, 4.69) is 28.4 Å². The number of hydrogen-bond acceptors (Lipinski definition) is 18. The van der Waals surface area contributed by atoms with Crippen LogP contribution in [0.2, 0.25) is 0 Å². The number of ketones is 3. The highest BCUT2D eigenvalue weighted by atomic mass is 16.6. The molecule has 1 aliphatic rings. The number of likely N-dealkylation sites (tertiary alicyclic amines) is 1. The number of nitrogens with zero attached hydrogens (tertiary/aromatic N) is 3. The minimum absolute atomic E-state index is 0.400. The van der Waals surface area contributed by atoms with Crippen molar-refractivity contribution in [2.24, 2.45) is 0 Å². The zero-order valence-corrected chi connectivity index (χ0v) is 32.2. The highest BCUT2D eigenvalue weighted by molar-refractivity contribution is 6.37. The standard InChI is InChI=1S/C13H17NO6.C12H17NO6.C10H13NO6/c1-19-11(16)5-6-12(17)20-9-10(15)13(18)14-7-3-2-4-8-14;1-4-13(5-2)12(17)9(14)8-19-11(16)7-6-10(15)18-3;1-11(2)10(15)7(12)6-17-9(14)5-4-8(13)16-3/h5-6H,2-4,7-9H2,1H3;6-7H,4-5,8H2,1-3H3;4-5H,6H2,1-3H3/b6-5+;7-6+;5-4+. The van der Waals surface area contributed by atoms with Crippen LogP contribution in [0.1, 0.15) is 33.1 Å². The maximum absolute atomic E-state index is 11.7. The second-order valence-corrected chi connectivity index (χ2v) is 10.7. The van der Waals surface area contributed by atoms with Crippen molar-refractivity contribution in [1.82, 2.24) is 14.7 Å². The van der Waals surface area contributed by atoms with Gasteiger partial charge in [-0.05, 0) is 33.1 Å². The number of likely N-dealkylation sites (N-methyl/N-ethyl adjacent to an activating group) is 2. The Hall–Kier alpha value is -6.54. The molecule has 0 aliphatic carbocycles. The molecule has 1 fully saturated rings. The molecule has 0 aromatic heterocycles. The van der Waals surface area contributed by atoms with Gasteiger partial charge in [-0.2, -0.15) is 0 Å². The van der Waals surface area contributed by atoms with Crippen LogP contribution in [-0.4, -0.2) is 167 Å². The van der Waals surface area contributed by atoms with E-state index in [1.165, 1.54) is 31.0 Å². The normalized spacial score (nSPS) is 11.7. The molecule has 0 spiro atoms. The Morgan fingerprint density at radius 1 is 0.482 bits per heavy atom. The van der Waals surface area contributed by atoms with E-state index < -0.39 is 90.7 Å². The van der Waals surface area contributed by atoms with Gasteiger partial charge in [0.1, 0.15) is 0 Å². The molecule has 1 heterocycles. The molecule has 1 aliphatic heterocycles. The minimum Gasteiger partial charge on any atom is -0.466 e. The van der Waals surface area contributed by atoms with Crippen LogP contribution in [0, 0.1) is 0 Å². The Morgan fingerprint density at radius 3 is 1.12 bits per heavy atom. The summed E-state index contributed by atoms with van der Waals surface area (Å²) in [5, 5.41) is 0. The molecule has 0 unspecified atom stereocenters. The number of methoxy groups -OCH3 is 3. The fourth-order valence-corrected chi connectivity index (χ4v) is 3.56. The van der Waals surface area contributed by atoms with Crippen molar-refractivity contribution in [3.8, 4) is 0 Å². The molecule has 0 aromatic carbocycles. The molecule has 0 bridgehead atoms. The van der Waals surface area contributed by atoms with Gasteiger partial charge in [0.15, 0.2) is 19.8 Å². The second-order valence-electron chi connectivity index (χ2n) is 10.7. The molecule has 21 nitrogen and oxygen atoms in total. The summed E-state index contributed by atoms with van der Waals surface area (Å²) < 4.78 is 26.3. The van der Waals surface area contributed by atoms with Gasteiger partial charge in [0, 0.05) is 76.7 Å². The summed E-state index contributed by atoms with van der Waals surface area (Å²) in [6, 6.07) is 0. The largest absolute Gasteiger partial charge is 0.466 e. The lowest BCUT2D eigenvalue weighted by Gasteiger charge is -2.25. The molecule has 1 rings (SSSR count). The maximum Gasteiger partial charge on any atom is 0.331 e. The molecule has 3 amide bonds. The van der Waals surface area contributed by atoms with Crippen molar-refractivity contribution in [1.29, 1.82) is 0 Å². The van der Waals surface area contributed by atoms with Crippen molar-refractivity contribution >= 4 is 70.9 Å². The van der Waals surface area contributed by atoms with Crippen LogP contribution in [-0.2, 0) is 86.0 Å². The Labute approximate surface area is 322 Å². The summed E-state index contributed by atoms with van der Waals surface area (Å²) >= 11 is 0. The van der Waals surface area contributed by atoms with Gasteiger partial charge in [0.05, 0.1) is 21.3 Å². The molecule has 0 N–H and O–H groups in total. The van der Waals surface area contributed by atoms with Gasteiger partial charge in [0.25, 0.3) is 35.1 Å². The molecular weight excluding hydrogens is 750 g/mol. The topological polar surface area (TPSA) is 270 Å². The maximum atomic E-state index is 11.7. The molecule has 0 radical (unpaired) electrons. The summed E-state index contributed by atoms with van der Waals surface area (Å²) in [6.45, 7) is 3.44. The van der Waals surface area contributed by atoms with Crippen LogP contribution < -0.4 is 0 Å². The monoisotopic (exact) mass is 797 g/mol. The minimum atomic E-state index is -0.907. The van der Waals surface area contributed by atoms with Crippen molar-refractivity contribution in [3.05, 3.63) is 36.5 Å². The van der Waals surface area contributed by atoms with E-state index in [1.807, 2.05) is 0 Å². The summed E-state index contributed by atoms with van der Waals surface area (Å²) in [7, 11) is 6.28. The molecule has 1 saturated heterocycles. The fourth-order valence-electron chi connectivity index (χ4n) is 3.56. The highest BCUT2D eigenvalue weighted by Crippen LogP contribution is 2.09. The van der Waals surface area contributed by atoms with Gasteiger partial charge in [-0.15, -0.1) is 0 Å². The predicted molar refractivity (Wildman–Crippen MR) is 188 cm³/mol. The lowest BCUT2D eigenvalue weighted by Crippen LogP contribution is -2.41. The van der Waals surface area contributed by atoms with Crippen molar-refractivity contribution in [2.75, 3.05) is 81.4 Å². The number of piperidine rings is 1. The Bertz CT molecular complexity index is 1520. The van der Waals surface area contributed by atoms with Crippen LogP contribution in [0.25, 0.3) is 0 Å². The van der Waals surface area contributed by atoms with E-state index in [0.717, 1.165) is 74.8 Å². The number of rotatable bonds is 17. The molecule has 0 atom stereocenters. The van der Waals surface area contributed by atoms with Crippen LogP contribution in [0.5, 0.6) is 0 Å². The Kier molecular flexibility index (Phi) is 27.5. The average Bonchev–Trinajstić information content (AvgIpc) is 3.21. The van der Waals surface area contributed by atoms with Crippen LogP contribution in [0.4, 0.5) is 0 Å². The van der Waals surface area contributed by atoms with Crippen molar-refractivity contribution < 1.29 is 86.0 Å². The van der Waals surface area contributed by atoms with E-state index in [9.17, 15) is 57.5 Å².